The van der Waals surface area contributed by atoms with Gasteiger partial charge in [0.15, 0.2) is 5.96 Å². The summed E-state index contributed by atoms with van der Waals surface area (Å²) in [5, 5.41) is 8.77. The van der Waals surface area contributed by atoms with Crippen LogP contribution in [0.4, 0.5) is 10.1 Å². The molecule has 0 spiro atoms. The molecule has 0 fully saturated rings. The van der Waals surface area contributed by atoms with E-state index in [0.717, 1.165) is 5.56 Å². The molecule has 2 rings (SSSR count). The number of terminal acetylenes is 1. The summed E-state index contributed by atoms with van der Waals surface area (Å²) < 4.78 is 13.3. The van der Waals surface area contributed by atoms with Gasteiger partial charge in [0.2, 0.25) is 5.91 Å². The summed E-state index contributed by atoms with van der Waals surface area (Å²) in [6, 6.07) is 12.0. The third kappa shape index (κ3) is 7.27. The van der Waals surface area contributed by atoms with Crippen molar-refractivity contribution in [3.05, 3.63) is 65.0 Å². The van der Waals surface area contributed by atoms with Gasteiger partial charge in [-0.3, -0.25) is 9.79 Å². The van der Waals surface area contributed by atoms with Crippen molar-refractivity contribution in [1.29, 1.82) is 0 Å². The number of carbonyl (C=O) groups is 1. The Morgan fingerprint density at radius 3 is 2.67 bits per heavy atom. The number of halogens is 2. The van der Waals surface area contributed by atoms with Crippen LogP contribution in [0.25, 0.3) is 0 Å². The van der Waals surface area contributed by atoms with E-state index in [4.69, 9.17) is 6.42 Å². The van der Waals surface area contributed by atoms with E-state index in [1.165, 1.54) is 6.07 Å². The number of aryl methyl sites for hydroxylation is 1. The lowest BCUT2D eigenvalue weighted by Gasteiger charge is -2.12. The molecule has 7 heteroatoms. The molecule has 142 valence electrons. The first-order valence-corrected chi connectivity index (χ1v) is 8.08. The van der Waals surface area contributed by atoms with Crippen LogP contribution in [0.5, 0.6) is 0 Å². The largest absolute Gasteiger partial charge is 0.352 e. The molecule has 0 heterocycles. The van der Waals surface area contributed by atoms with Crippen LogP contribution in [-0.2, 0) is 11.3 Å². The topological polar surface area (TPSA) is 65.5 Å². The van der Waals surface area contributed by atoms with Gasteiger partial charge in [-0.25, -0.2) is 4.39 Å². The number of hydrogen-bond acceptors (Lipinski definition) is 2. The fourth-order valence-corrected chi connectivity index (χ4v) is 2.28. The molecule has 2 aromatic carbocycles. The Balaban J connectivity index is 0.00000364. The van der Waals surface area contributed by atoms with Gasteiger partial charge in [0, 0.05) is 24.8 Å². The zero-order chi connectivity index (χ0) is 18.9. The molecule has 27 heavy (non-hydrogen) atoms. The predicted molar refractivity (Wildman–Crippen MR) is 118 cm³/mol. The molecule has 0 unspecified atom stereocenters. The molecule has 0 aliphatic heterocycles. The Kier molecular flexibility index (Phi) is 9.30. The third-order valence-corrected chi connectivity index (χ3v) is 3.64. The van der Waals surface area contributed by atoms with E-state index in [1.54, 1.807) is 50.4 Å². The van der Waals surface area contributed by atoms with Gasteiger partial charge >= 0.3 is 0 Å². The summed E-state index contributed by atoms with van der Waals surface area (Å²) in [7, 11) is 1.61. The van der Waals surface area contributed by atoms with E-state index >= 15 is 0 Å². The zero-order valence-electron chi connectivity index (χ0n) is 15.2. The van der Waals surface area contributed by atoms with Crippen LogP contribution < -0.4 is 16.0 Å². The highest BCUT2D eigenvalue weighted by Gasteiger charge is 2.05. The number of guanidine groups is 1. The molecule has 0 aliphatic carbocycles. The van der Waals surface area contributed by atoms with Crippen molar-refractivity contribution in [2.75, 3.05) is 18.9 Å². The average Bonchev–Trinajstić information content (AvgIpc) is 2.64. The molecular formula is C20H22FIN4O. The number of benzene rings is 2. The first kappa shape index (κ1) is 22.4. The van der Waals surface area contributed by atoms with Crippen molar-refractivity contribution in [2.24, 2.45) is 4.99 Å². The molecule has 2 aromatic rings. The van der Waals surface area contributed by atoms with Gasteiger partial charge in [0.1, 0.15) is 5.82 Å². The molecule has 1 amide bonds. The van der Waals surface area contributed by atoms with Crippen LogP contribution in [0.1, 0.15) is 16.7 Å². The van der Waals surface area contributed by atoms with Gasteiger partial charge in [0.25, 0.3) is 0 Å². The van der Waals surface area contributed by atoms with Crippen LogP contribution >= 0.6 is 24.0 Å². The van der Waals surface area contributed by atoms with Crippen molar-refractivity contribution in [3.63, 3.8) is 0 Å². The maximum Gasteiger partial charge on any atom is 0.243 e. The van der Waals surface area contributed by atoms with Crippen molar-refractivity contribution in [1.82, 2.24) is 10.6 Å². The first-order chi connectivity index (χ1) is 12.5. The van der Waals surface area contributed by atoms with Crippen molar-refractivity contribution < 1.29 is 9.18 Å². The smallest absolute Gasteiger partial charge is 0.243 e. The quantitative estimate of drug-likeness (QED) is 0.267. The van der Waals surface area contributed by atoms with Gasteiger partial charge in [0.05, 0.1) is 6.54 Å². The number of rotatable bonds is 5. The van der Waals surface area contributed by atoms with Gasteiger partial charge in [-0.15, -0.1) is 30.4 Å². The molecule has 0 bridgehead atoms. The number of nitrogens with one attached hydrogen (secondary N) is 3. The van der Waals surface area contributed by atoms with E-state index in [0.29, 0.717) is 29.3 Å². The highest BCUT2D eigenvalue weighted by atomic mass is 127. The second kappa shape index (κ2) is 11.2. The molecule has 0 aliphatic rings. The summed E-state index contributed by atoms with van der Waals surface area (Å²) in [5.41, 5.74) is 2.84. The van der Waals surface area contributed by atoms with E-state index in [-0.39, 0.29) is 42.2 Å². The Hall–Kier alpha value is -2.60. The molecular weight excluding hydrogens is 458 g/mol. The normalized spacial score (nSPS) is 10.4. The van der Waals surface area contributed by atoms with E-state index < -0.39 is 0 Å². The highest BCUT2D eigenvalue weighted by Crippen LogP contribution is 2.10. The lowest BCUT2D eigenvalue weighted by Crippen LogP contribution is -2.41. The van der Waals surface area contributed by atoms with Gasteiger partial charge in [-0.05, 0) is 42.3 Å². The maximum atomic E-state index is 13.3. The Morgan fingerprint density at radius 1 is 1.22 bits per heavy atom. The lowest BCUT2D eigenvalue weighted by atomic mass is 10.1. The van der Waals surface area contributed by atoms with Crippen LogP contribution in [0.3, 0.4) is 0 Å². The number of hydrogen-bond donors (Lipinski definition) is 3. The fraction of sp³-hybridized carbons (Fsp3) is 0.200. The minimum atomic E-state index is -0.234. The van der Waals surface area contributed by atoms with Gasteiger partial charge in [-0.1, -0.05) is 24.1 Å². The lowest BCUT2D eigenvalue weighted by molar-refractivity contribution is -0.115. The van der Waals surface area contributed by atoms with E-state index in [9.17, 15) is 9.18 Å². The monoisotopic (exact) mass is 480 g/mol. The van der Waals surface area contributed by atoms with Gasteiger partial charge < -0.3 is 16.0 Å². The summed E-state index contributed by atoms with van der Waals surface area (Å²) in [6.07, 6.45) is 5.34. The minimum Gasteiger partial charge on any atom is -0.352 e. The Bertz CT molecular complexity index is 861. The number of anilines is 1. The van der Waals surface area contributed by atoms with Crippen LogP contribution in [0.2, 0.25) is 0 Å². The molecule has 3 N–H and O–H groups in total. The van der Waals surface area contributed by atoms with Crippen molar-refractivity contribution in [2.45, 2.75) is 13.5 Å². The number of aliphatic imine (C=N–C) groups is 1. The summed E-state index contributed by atoms with van der Waals surface area (Å²) >= 11 is 0. The standard InChI is InChI=1S/C20H21FN4O.HI/c1-4-15-6-5-7-17(11-15)25-19(26)13-24-20(22-3)23-12-16-8-9-18(21)14(2)10-16;/h1,5-11H,12-13H2,2-3H3,(H,25,26)(H2,22,23,24);1H. The SMILES string of the molecule is C#Cc1cccc(NC(=O)CNC(=NC)NCc2ccc(F)c(C)c2)c1.I. The third-order valence-electron chi connectivity index (χ3n) is 3.64. The first-order valence-electron chi connectivity index (χ1n) is 8.08. The molecule has 0 atom stereocenters. The van der Waals surface area contributed by atoms with Crippen LogP contribution in [0, 0.1) is 25.1 Å². The van der Waals surface area contributed by atoms with E-state index in [2.05, 4.69) is 26.9 Å². The van der Waals surface area contributed by atoms with E-state index in [1.807, 2.05) is 0 Å². The summed E-state index contributed by atoms with van der Waals surface area (Å²) in [5.74, 6) is 2.54. The average molecular weight is 480 g/mol. The number of nitrogens with zero attached hydrogens (tertiary/aromatic N) is 1. The molecule has 5 nitrogen and oxygen atoms in total. The van der Waals surface area contributed by atoms with Crippen LogP contribution in [-0.4, -0.2) is 25.5 Å². The second-order valence-electron chi connectivity index (χ2n) is 5.64. The van der Waals surface area contributed by atoms with Gasteiger partial charge in [-0.2, -0.15) is 0 Å². The Labute approximate surface area is 175 Å². The van der Waals surface area contributed by atoms with Crippen molar-refractivity contribution in [3.8, 4) is 12.3 Å². The molecule has 0 aromatic heterocycles. The summed E-state index contributed by atoms with van der Waals surface area (Å²) in [6.45, 7) is 2.22. The minimum absolute atomic E-state index is 0. The Morgan fingerprint density at radius 2 is 2.00 bits per heavy atom. The molecule has 0 saturated heterocycles. The number of carbonyl (C=O) groups excluding carboxylic acids is 1. The maximum absolute atomic E-state index is 13.3. The van der Waals surface area contributed by atoms with Crippen LogP contribution in [0.15, 0.2) is 47.5 Å². The number of amides is 1. The fourth-order valence-electron chi connectivity index (χ4n) is 2.28. The zero-order valence-corrected chi connectivity index (χ0v) is 17.5. The summed E-state index contributed by atoms with van der Waals surface area (Å²) in [4.78, 5) is 16.1. The van der Waals surface area contributed by atoms with Crippen molar-refractivity contribution >= 4 is 41.5 Å². The molecule has 0 saturated carbocycles. The highest BCUT2D eigenvalue weighted by molar-refractivity contribution is 14.0. The molecule has 0 radical (unpaired) electrons. The predicted octanol–water partition coefficient (Wildman–Crippen LogP) is 3.04. The second-order valence-corrected chi connectivity index (χ2v) is 5.64.